The van der Waals surface area contributed by atoms with Crippen molar-refractivity contribution in [1.29, 1.82) is 0 Å². The minimum atomic E-state index is -3.27. The summed E-state index contributed by atoms with van der Waals surface area (Å²) in [6, 6.07) is 9.18. The van der Waals surface area contributed by atoms with Crippen molar-refractivity contribution in [2.45, 2.75) is 73.7 Å². The number of nitrogens with zero attached hydrogens (tertiary/aromatic N) is 1. The highest BCUT2D eigenvalue weighted by Gasteiger charge is 2.48. The van der Waals surface area contributed by atoms with Crippen molar-refractivity contribution in [3.05, 3.63) is 29.8 Å². The Kier molecular flexibility index (Phi) is 4.86. The summed E-state index contributed by atoms with van der Waals surface area (Å²) in [5, 5.41) is 1.14. The third-order valence-electron chi connectivity index (χ3n) is 4.98. The molecule has 2 heterocycles. The first kappa shape index (κ1) is 18.0. The average Bonchev–Trinajstić information content (AvgIpc) is 2.44. The van der Waals surface area contributed by atoms with Gasteiger partial charge in [0.2, 0.25) is 10.0 Å². The maximum absolute atomic E-state index is 11.5. The minimum Gasteiger partial charge on any atom is -0.205 e. The molecule has 1 aromatic rings. The molecule has 0 aromatic heterocycles. The highest BCUT2D eigenvalue weighted by atomic mass is 32.2. The summed E-state index contributed by atoms with van der Waals surface area (Å²) < 4.78 is 27.1. The lowest BCUT2D eigenvalue weighted by Crippen LogP contribution is -2.44. The molecule has 2 unspecified atom stereocenters. The van der Waals surface area contributed by atoms with Crippen molar-refractivity contribution >= 4 is 26.6 Å². The molecule has 2 saturated heterocycles. The maximum atomic E-state index is 11.5. The van der Waals surface area contributed by atoms with Gasteiger partial charge in [-0.3, -0.25) is 0 Å². The minimum absolute atomic E-state index is 0.180. The van der Waals surface area contributed by atoms with Crippen molar-refractivity contribution in [1.82, 2.24) is 0 Å². The van der Waals surface area contributed by atoms with Crippen LogP contribution in [0.1, 0.15) is 58.4 Å². The zero-order valence-electron chi connectivity index (χ0n) is 15.1. The average molecular weight is 367 g/mol. The number of rotatable bonds is 2. The van der Waals surface area contributed by atoms with E-state index in [0.717, 1.165) is 18.6 Å². The molecule has 1 aromatic carbocycles. The van der Waals surface area contributed by atoms with Crippen LogP contribution in [-0.2, 0) is 26.3 Å². The zero-order valence-corrected chi connectivity index (χ0v) is 16.7. The predicted molar refractivity (Wildman–Crippen MR) is 104 cm³/mol. The van der Waals surface area contributed by atoms with E-state index in [2.05, 4.69) is 49.4 Å². The van der Waals surface area contributed by atoms with Gasteiger partial charge in [-0.2, -0.15) is 4.40 Å². The largest absolute Gasteiger partial charge is 0.250 e. The lowest BCUT2D eigenvalue weighted by molar-refractivity contribution is 0.577. The van der Waals surface area contributed by atoms with Crippen LogP contribution in [0.25, 0.3) is 0 Å². The van der Waals surface area contributed by atoms with Gasteiger partial charge in [-0.25, -0.2) is 8.42 Å². The molecule has 2 aliphatic rings. The van der Waals surface area contributed by atoms with Gasteiger partial charge >= 0.3 is 0 Å². The van der Waals surface area contributed by atoms with E-state index in [1.165, 1.54) is 36.0 Å². The van der Waals surface area contributed by atoms with Gasteiger partial charge in [0.05, 0.1) is 6.26 Å². The van der Waals surface area contributed by atoms with Crippen LogP contribution in [0, 0.1) is 0 Å². The van der Waals surface area contributed by atoms with E-state index in [9.17, 15) is 8.42 Å². The SMILES string of the molecule is CC(C)(C)c1ccc([S+]2C3CCCC2CC(=NS(C)(=O)=O)C3)cc1. The number of hydrogen-bond acceptors (Lipinski definition) is 2. The van der Waals surface area contributed by atoms with Gasteiger partial charge in [0.1, 0.15) is 10.5 Å². The third-order valence-corrected chi connectivity index (χ3v) is 8.63. The Hall–Kier alpha value is -0.810. The number of hydrogen-bond donors (Lipinski definition) is 0. The molecule has 0 amide bonds. The molecule has 2 bridgehead atoms. The van der Waals surface area contributed by atoms with Crippen LogP contribution < -0.4 is 0 Å². The molecule has 0 saturated carbocycles. The smallest absolute Gasteiger partial charge is 0.205 e. The van der Waals surface area contributed by atoms with Crippen LogP contribution in [-0.4, -0.2) is 30.9 Å². The zero-order chi connectivity index (χ0) is 17.5. The highest BCUT2D eigenvalue weighted by molar-refractivity contribution is 7.98. The van der Waals surface area contributed by atoms with Crippen LogP contribution >= 0.6 is 0 Å². The van der Waals surface area contributed by atoms with Crippen LogP contribution in [0.5, 0.6) is 0 Å². The molecule has 0 N–H and O–H groups in total. The van der Waals surface area contributed by atoms with E-state index in [1.54, 1.807) is 0 Å². The Morgan fingerprint density at radius 2 is 1.58 bits per heavy atom. The fourth-order valence-corrected chi connectivity index (χ4v) is 7.87. The van der Waals surface area contributed by atoms with Gasteiger partial charge in [-0.05, 0) is 42.4 Å². The first-order valence-electron chi connectivity index (χ1n) is 8.73. The number of sulfonamides is 1. The summed E-state index contributed by atoms with van der Waals surface area (Å²) in [5.41, 5.74) is 2.46. The summed E-state index contributed by atoms with van der Waals surface area (Å²) in [7, 11) is -3.03. The van der Waals surface area contributed by atoms with Gasteiger partial charge in [-0.1, -0.05) is 32.9 Å². The van der Waals surface area contributed by atoms with E-state index in [1.807, 2.05) is 0 Å². The van der Waals surface area contributed by atoms with Gasteiger partial charge in [0.25, 0.3) is 0 Å². The first-order valence-corrected chi connectivity index (χ1v) is 11.9. The summed E-state index contributed by atoms with van der Waals surface area (Å²) in [5.74, 6) is 0. The number of benzene rings is 1. The molecule has 24 heavy (non-hydrogen) atoms. The summed E-state index contributed by atoms with van der Waals surface area (Å²) >= 11 is 0. The first-order chi connectivity index (χ1) is 11.1. The lowest BCUT2D eigenvalue weighted by atomic mass is 9.87. The van der Waals surface area contributed by atoms with Gasteiger partial charge in [-0.15, -0.1) is 0 Å². The second kappa shape index (κ2) is 6.49. The highest BCUT2D eigenvalue weighted by Crippen LogP contribution is 2.41. The molecule has 0 aliphatic carbocycles. The van der Waals surface area contributed by atoms with E-state index in [-0.39, 0.29) is 16.3 Å². The third kappa shape index (κ3) is 4.05. The lowest BCUT2D eigenvalue weighted by Gasteiger charge is -2.35. The van der Waals surface area contributed by atoms with Crippen LogP contribution in [0.4, 0.5) is 0 Å². The van der Waals surface area contributed by atoms with Crippen molar-refractivity contribution in [3.8, 4) is 0 Å². The summed E-state index contributed by atoms with van der Waals surface area (Å²) in [6.45, 7) is 6.73. The van der Waals surface area contributed by atoms with E-state index >= 15 is 0 Å². The second-order valence-electron chi connectivity index (χ2n) is 8.12. The molecule has 0 spiro atoms. The molecule has 3 rings (SSSR count). The van der Waals surface area contributed by atoms with Gasteiger partial charge in [0.15, 0.2) is 4.90 Å². The van der Waals surface area contributed by atoms with Crippen molar-refractivity contribution < 1.29 is 8.42 Å². The second-order valence-corrected chi connectivity index (χ2v) is 12.3. The molecular weight excluding hydrogens is 338 g/mol. The Balaban J connectivity index is 1.86. The Bertz CT molecular complexity index is 714. The van der Waals surface area contributed by atoms with Gasteiger partial charge in [0, 0.05) is 29.4 Å². The van der Waals surface area contributed by atoms with Crippen LogP contribution in [0.2, 0.25) is 0 Å². The molecule has 3 nitrogen and oxygen atoms in total. The van der Waals surface area contributed by atoms with E-state index in [0.29, 0.717) is 10.5 Å². The molecule has 5 heteroatoms. The molecule has 0 radical (unpaired) electrons. The fraction of sp³-hybridized carbons (Fsp3) is 0.632. The van der Waals surface area contributed by atoms with E-state index < -0.39 is 10.0 Å². The summed E-state index contributed by atoms with van der Waals surface area (Å²) in [4.78, 5) is 1.45. The molecule has 2 aliphatic heterocycles. The van der Waals surface area contributed by atoms with Crippen molar-refractivity contribution in [3.63, 3.8) is 0 Å². The molecule has 2 atom stereocenters. The van der Waals surface area contributed by atoms with Gasteiger partial charge < -0.3 is 0 Å². The topological polar surface area (TPSA) is 46.5 Å². The predicted octanol–water partition coefficient (Wildman–Crippen LogP) is 4.08. The summed E-state index contributed by atoms with van der Waals surface area (Å²) in [6.07, 6.45) is 6.58. The maximum Gasteiger partial charge on any atom is 0.250 e. The van der Waals surface area contributed by atoms with Crippen LogP contribution in [0.15, 0.2) is 33.6 Å². The van der Waals surface area contributed by atoms with E-state index in [4.69, 9.17) is 0 Å². The number of fused-ring (bicyclic) bond motifs is 2. The fourth-order valence-electron chi connectivity index (χ4n) is 3.90. The molecule has 2 fully saturated rings. The van der Waals surface area contributed by atoms with Crippen LogP contribution in [0.3, 0.4) is 0 Å². The molecule has 132 valence electrons. The molecular formula is C19H28NO2S2+. The quantitative estimate of drug-likeness (QED) is 0.741. The Morgan fingerprint density at radius 3 is 2.04 bits per heavy atom. The Morgan fingerprint density at radius 1 is 1.04 bits per heavy atom. The monoisotopic (exact) mass is 366 g/mol. The normalized spacial score (nSPS) is 27.8. The standard InChI is InChI=1S/C19H28NO2S2/c1-19(2,3)14-8-10-16(11-9-14)23-17-6-5-7-18(23)13-15(12-17)20-24(4,21)22/h8-11,17-18H,5-7,12-13H2,1-4H3/q+1. The van der Waals surface area contributed by atoms with Crippen molar-refractivity contribution in [2.75, 3.05) is 6.26 Å². The van der Waals surface area contributed by atoms with Crippen molar-refractivity contribution in [2.24, 2.45) is 4.40 Å². The Labute approximate surface area is 149 Å².